The minimum Gasteiger partial charge on any atom is -0.469 e. The van der Waals surface area contributed by atoms with Gasteiger partial charge in [0.1, 0.15) is 5.76 Å². The SMILES string of the molecule is CCc1occc1C(Cl)c1ccc(C(C)(C)C)s1. The van der Waals surface area contributed by atoms with Crippen molar-refractivity contribution in [2.75, 3.05) is 0 Å². The number of rotatable bonds is 3. The molecule has 98 valence electrons. The quantitative estimate of drug-likeness (QED) is 0.675. The fourth-order valence-corrected chi connectivity index (χ4v) is 3.37. The van der Waals surface area contributed by atoms with E-state index in [2.05, 4.69) is 39.8 Å². The van der Waals surface area contributed by atoms with Crippen LogP contribution in [0.15, 0.2) is 28.9 Å². The van der Waals surface area contributed by atoms with Crippen molar-refractivity contribution in [2.24, 2.45) is 0 Å². The minimum atomic E-state index is -0.0974. The van der Waals surface area contributed by atoms with Crippen LogP contribution in [-0.2, 0) is 11.8 Å². The van der Waals surface area contributed by atoms with E-state index in [-0.39, 0.29) is 10.8 Å². The fourth-order valence-electron chi connectivity index (χ4n) is 1.91. The zero-order valence-electron chi connectivity index (χ0n) is 11.3. The molecular weight excluding hydrogens is 264 g/mol. The highest BCUT2D eigenvalue weighted by atomic mass is 35.5. The monoisotopic (exact) mass is 282 g/mol. The predicted molar refractivity (Wildman–Crippen MR) is 78.8 cm³/mol. The lowest BCUT2D eigenvalue weighted by molar-refractivity contribution is 0.512. The van der Waals surface area contributed by atoms with E-state index >= 15 is 0 Å². The summed E-state index contributed by atoms with van der Waals surface area (Å²) in [5.74, 6) is 0.987. The molecule has 0 aliphatic heterocycles. The third kappa shape index (κ3) is 2.65. The van der Waals surface area contributed by atoms with Gasteiger partial charge in [0.05, 0.1) is 11.6 Å². The highest BCUT2D eigenvalue weighted by Gasteiger charge is 2.21. The van der Waals surface area contributed by atoms with Crippen molar-refractivity contribution in [1.29, 1.82) is 0 Å². The lowest BCUT2D eigenvalue weighted by Gasteiger charge is -2.15. The predicted octanol–water partition coefficient (Wildman–Crippen LogP) is 5.53. The molecule has 0 fully saturated rings. The van der Waals surface area contributed by atoms with Gasteiger partial charge in [-0.1, -0.05) is 27.7 Å². The van der Waals surface area contributed by atoms with Crippen LogP contribution in [0.2, 0.25) is 0 Å². The molecule has 0 saturated carbocycles. The van der Waals surface area contributed by atoms with Crippen LogP contribution in [0.5, 0.6) is 0 Å². The van der Waals surface area contributed by atoms with E-state index in [0.717, 1.165) is 17.7 Å². The molecule has 0 amide bonds. The largest absolute Gasteiger partial charge is 0.469 e. The van der Waals surface area contributed by atoms with Crippen LogP contribution in [-0.4, -0.2) is 0 Å². The Morgan fingerprint density at radius 2 is 2.00 bits per heavy atom. The van der Waals surface area contributed by atoms with Gasteiger partial charge in [-0.15, -0.1) is 22.9 Å². The number of alkyl halides is 1. The average Bonchev–Trinajstić information content (AvgIpc) is 2.96. The van der Waals surface area contributed by atoms with Gasteiger partial charge in [-0.2, -0.15) is 0 Å². The fraction of sp³-hybridized carbons (Fsp3) is 0.467. The lowest BCUT2D eigenvalue weighted by Crippen LogP contribution is -2.07. The van der Waals surface area contributed by atoms with Gasteiger partial charge in [-0.25, -0.2) is 0 Å². The molecule has 18 heavy (non-hydrogen) atoms. The van der Waals surface area contributed by atoms with Crippen molar-refractivity contribution in [2.45, 2.75) is 44.9 Å². The molecular formula is C15H19ClOS. The molecule has 3 heteroatoms. The number of hydrogen-bond acceptors (Lipinski definition) is 2. The summed E-state index contributed by atoms with van der Waals surface area (Å²) in [5.41, 5.74) is 1.28. The van der Waals surface area contributed by atoms with Gasteiger partial charge >= 0.3 is 0 Å². The Labute approximate surface area is 118 Å². The highest BCUT2D eigenvalue weighted by Crippen LogP contribution is 2.39. The Bertz CT molecular complexity index is 519. The summed E-state index contributed by atoms with van der Waals surface area (Å²) in [6, 6.07) is 6.30. The van der Waals surface area contributed by atoms with E-state index in [1.165, 1.54) is 9.75 Å². The van der Waals surface area contributed by atoms with Gasteiger partial charge < -0.3 is 4.42 Å². The number of halogens is 1. The summed E-state index contributed by atoms with van der Waals surface area (Å²) in [7, 11) is 0. The average molecular weight is 283 g/mol. The molecule has 1 nitrogen and oxygen atoms in total. The zero-order chi connectivity index (χ0) is 13.3. The first-order valence-electron chi connectivity index (χ1n) is 6.24. The number of furan rings is 1. The Morgan fingerprint density at radius 3 is 2.56 bits per heavy atom. The molecule has 0 aliphatic carbocycles. The second-order valence-electron chi connectivity index (χ2n) is 5.47. The number of thiophene rings is 1. The van der Waals surface area contributed by atoms with Crippen molar-refractivity contribution in [1.82, 2.24) is 0 Å². The van der Waals surface area contributed by atoms with E-state index < -0.39 is 0 Å². The van der Waals surface area contributed by atoms with Gasteiger partial charge in [0.2, 0.25) is 0 Å². The molecule has 2 aromatic rings. The van der Waals surface area contributed by atoms with E-state index in [4.69, 9.17) is 16.0 Å². The van der Waals surface area contributed by atoms with Crippen LogP contribution in [0.4, 0.5) is 0 Å². The third-order valence-corrected chi connectivity index (χ3v) is 5.17. The van der Waals surface area contributed by atoms with Gasteiger partial charge in [0, 0.05) is 21.7 Å². The molecule has 1 unspecified atom stereocenters. The van der Waals surface area contributed by atoms with Gasteiger partial charge in [0.15, 0.2) is 0 Å². The van der Waals surface area contributed by atoms with E-state index in [0.29, 0.717) is 0 Å². The second kappa shape index (κ2) is 5.10. The summed E-state index contributed by atoms with van der Waals surface area (Å²) in [4.78, 5) is 2.56. The van der Waals surface area contributed by atoms with Crippen LogP contribution >= 0.6 is 22.9 Å². The standard InChI is InChI=1S/C15H19ClOS/c1-5-11-10(8-9-17-11)14(16)12-6-7-13(18-12)15(2,3)4/h6-9,14H,5H2,1-4H3. The highest BCUT2D eigenvalue weighted by molar-refractivity contribution is 7.12. The molecule has 0 aliphatic rings. The maximum absolute atomic E-state index is 6.57. The molecule has 2 heterocycles. The van der Waals surface area contributed by atoms with Crippen LogP contribution in [0.3, 0.4) is 0 Å². The van der Waals surface area contributed by atoms with E-state index in [1.807, 2.05) is 6.07 Å². The van der Waals surface area contributed by atoms with Crippen molar-refractivity contribution >= 4 is 22.9 Å². The number of hydrogen-bond donors (Lipinski definition) is 0. The normalized spacial score (nSPS) is 13.8. The summed E-state index contributed by atoms with van der Waals surface area (Å²) in [6.45, 7) is 8.75. The molecule has 0 spiro atoms. The maximum Gasteiger partial charge on any atom is 0.108 e. The van der Waals surface area contributed by atoms with Crippen molar-refractivity contribution < 1.29 is 4.42 Å². The van der Waals surface area contributed by atoms with Crippen molar-refractivity contribution in [3.8, 4) is 0 Å². The molecule has 0 aromatic carbocycles. The molecule has 2 rings (SSSR count). The first-order chi connectivity index (χ1) is 8.43. The topological polar surface area (TPSA) is 13.1 Å². The number of aryl methyl sites for hydroxylation is 1. The first-order valence-corrected chi connectivity index (χ1v) is 7.49. The smallest absolute Gasteiger partial charge is 0.108 e. The minimum absolute atomic E-state index is 0.0974. The summed E-state index contributed by atoms with van der Waals surface area (Å²) in [5, 5.41) is -0.0974. The summed E-state index contributed by atoms with van der Waals surface area (Å²) >= 11 is 8.36. The Morgan fingerprint density at radius 1 is 1.28 bits per heavy atom. The van der Waals surface area contributed by atoms with Crippen LogP contribution in [0.25, 0.3) is 0 Å². The van der Waals surface area contributed by atoms with Crippen molar-refractivity contribution in [3.05, 3.63) is 45.5 Å². The van der Waals surface area contributed by atoms with Gasteiger partial charge in [-0.3, -0.25) is 0 Å². The van der Waals surface area contributed by atoms with E-state index in [1.54, 1.807) is 17.6 Å². The van der Waals surface area contributed by atoms with Gasteiger partial charge in [-0.05, 0) is 23.6 Å². The Balaban J connectivity index is 2.29. The second-order valence-corrected chi connectivity index (χ2v) is 7.02. The van der Waals surface area contributed by atoms with Crippen molar-refractivity contribution in [3.63, 3.8) is 0 Å². The lowest BCUT2D eigenvalue weighted by atomic mass is 9.95. The first kappa shape index (κ1) is 13.7. The molecule has 2 aromatic heterocycles. The van der Waals surface area contributed by atoms with Gasteiger partial charge in [0.25, 0.3) is 0 Å². The molecule has 0 saturated heterocycles. The molecule has 1 atom stereocenters. The Hall–Kier alpha value is -0.730. The molecule has 0 radical (unpaired) electrons. The van der Waals surface area contributed by atoms with Crippen LogP contribution in [0.1, 0.15) is 54.2 Å². The van der Waals surface area contributed by atoms with E-state index in [9.17, 15) is 0 Å². The molecule has 0 bridgehead atoms. The molecule has 0 N–H and O–H groups in total. The summed E-state index contributed by atoms with van der Waals surface area (Å²) in [6.07, 6.45) is 2.60. The Kier molecular flexibility index (Phi) is 3.88. The third-order valence-electron chi connectivity index (χ3n) is 2.99. The maximum atomic E-state index is 6.57. The van der Waals surface area contributed by atoms with Crippen LogP contribution in [0, 0.1) is 0 Å². The van der Waals surface area contributed by atoms with Crippen LogP contribution < -0.4 is 0 Å². The zero-order valence-corrected chi connectivity index (χ0v) is 12.9. The summed E-state index contributed by atoms with van der Waals surface area (Å²) < 4.78 is 5.45.